The number of carbonyl (C=O) groups excluding carboxylic acids is 1. The van der Waals surface area contributed by atoms with Crippen molar-refractivity contribution in [1.29, 1.82) is 0 Å². The summed E-state index contributed by atoms with van der Waals surface area (Å²) in [6.07, 6.45) is 4.65. The number of hydrogen-bond donors (Lipinski definition) is 0. The minimum absolute atomic E-state index is 0.103. The van der Waals surface area contributed by atoms with Crippen LogP contribution in [-0.4, -0.2) is 28.7 Å². The van der Waals surface area contributed by atoms with Crippen molar-refractivity contribution >= 4 is 29.1 Å². The number of hydrogen-bond acceptors (Lipinski definition) is 8. The molecule has 1 aliphatic rings. The average Bonchev–Trinajstić information content (AvgIpc) is 3.23. The second-order valence-electron chi connectivity index (χ2n) is 10.0. The number of fused-ring (bicyclic) bond motifs is 1. The van der Waals surface area contributed by atoms with E-state index in [2.05, 4.69) is 11.9 Å². The molecular weight excluding hydrogens is 530 g/mol. The van der Waals surface area contributed by atoms with Gasteiger partial charge in [-0.1, -0.05) is 69.2 Å². The van der Waals surface area contributed by atoms with Crippen molar-refractivity contribution in [2.75, 3.05) is 13.2 Å². The van der Waals surface area contributed by atoms with Crippen LogP contribution in [0.2, 0.25) is 0 Å². The second kappa shape index (κ2) is 12.9. The summed E-state index contributed by atoms with van der Waals surface area (Å²) in [5.41, 5.74) is 1.25. The molecule has 1 aromatic heterocycles. The molecule has 1 aliphatic heterocycles. The molecule has 0 bridgehead atoms. The van der Waals surface area contributed by atoms with E-state index in [1.54, 1.807) is 25.1 Å². The second-order valence-corrected chi connectivity index (χ2v) is 11.0. The number of ether oxygens (including phenoxy) is 2. The Labute approximate surface area is 236 Å². The lowest BCUT2D eigenvalue weighted by Crippen LogP contribution is -2.40. The van der Waals surface area contributed by atoms with Crippen molar-refractivity contribution in [3.63, 3.8) is 0 Å². The van der Waals surface area contributed by atoms with Crippen LogP contribution in [0.4, 0.5) is 5.69 Å². The van der Waals surface area contributed by atoms with Crippen LogP contribution >= 0.6 is 11.3 Å². The highest BCUT2D eigenvalue weighted by molar-refractivity contribution is 7.07. The van der Waals surface area contributed by atoms with E-state index in [0.717, 1.165) is 30.6 Å². The van der Waals surface area contributed by atoms with Crippen LogP contribution in [0, 0.1) is 16.0 Å². The number of unbranched alkanes of at least 4 members (excludes halogenated alkanes) is 2. The molecule has 0 N–H and O–H groups in total. The number of benzene rings is 2. The smallest absolute Gasteiger partial charge is 0.338 e. The Bertz CT molecular complexity index is 1600. The van der Waals surface area contributed by atoms with Gasteiger partial charge in [0.05, 0.1) is 45.5 Å². The van der Waals surface area contributed by atoms with Gasteiger partial charge in [-0.05, 0) is 49.1 Å². The number of nitro groups is 1. The molecule has 2 heterocycles. The summed E-state index contributed by atoms with van der Waals surface area (Å²) in [5.74, 6) is 0.302. The van der Waals surface area contributed by atoms with E-state index in [1.165, 1.54) is 16.7 Å². The molecule has 0 saturated heterocycles. The van der Waals surface area contributed by atoms with E-state index < -0.39 is 22.5 Å². The number of aromatic nitrogens is 1. The molecule has 4 rings (SSSR count). The topological polar surface area (TPSA) is 113 Å². The van der Waals surface area contributed by atoms with Gasteiger partial charge in [0.1, 0.15) is 5.75 Å². The third kappa shape index (κ3) is 6.39. The highest BCUT2D eigenvalue weighted by atomic mass is 32.1. The van der Waals surface area contributed by atoms with Crippen molar-refractivity contribution in [1.82, 2.24) is 4.57 Å². The summed E-state index contributed by atoms with van der Waals surface area (Å²) in [7, 11) is 0. The van der Waals surface area contributed by atoms with E-state index in [-0.39, 0.29) is 28.3 Å². The minimum atomic E-state index is -0.780. The van der Waals surface area contributed by atoms with Crippen molar-refractivity contribution < 1.29 is 19.2 Å². The quantitative estimate of drug-likeness (QED) is 0.142. The maximum absolute atomic E-state index is 13.8. The Balaban J connectivity index is 1.82. The van der Waals surface area contributed by atoms with Gasteiger partial charge in [0.15, 0.2) is 4.80 Å². The summed E-state index contributed by atoms with van der Waals surface area (Å²) in [6, 6.07) is 12.8. The average molecular weight is 564 g/mol. The van der Waals surface area contributed by atoms with E-state index >= 15 is 0 Å². The molecule has 3 aromatic rings. The van der Waals surface area contributed by atoms with Crippen LogP contribution in [0.5, 0.6) is 5.75 Å². The molecule has 0 fully saturated rings. The van der Waals surface area contributed by atoms with Gasteiger partial charge in [-0.2, -0.15) is 0 Å². The standard InChI is InChI=1S/C30H33N3O6S/c1-5-6-9-16-38-23-14-12-21(13-15-23)27-26(29(35)39-18-19(2)3)20(4)31-30-32(27)28(34)25(40-30)17-22-10-7-8-11-24(22)33(36)37/h7-8,10-15,17,19,27H,5-6,9,16,18H2,1-4H3. The first-order chi connectivity index (χ1) is 19.2. The number of thiazole rings is 1. The molecule has 0 aliphatic carbocycles. The maximum atomic E-state index is 13.8. The van der Waals surface area contributed by atoms with Crippen LogP contribution < -0.4 is 19.6 Å². The highest BCUT2D eigenvalue weighted by Gasteiger charge is 2.33. The molecule has 0 spiro atoms. The van der Waals surface area contributed by atoms with E-state index in [9.17, 15) is 19.7 Å². The fraction of sp³-hybridized carbons (Fsp3) is 0.367. The van der Waals surface area contributed by atoms with Gasteiger partial charge in [-0.15, -0.1) is 0 Å². The zero-order chi connectivity index (χ0) is 28.8. The molecule has 10 heteroatoms. The van der Waals surface area contributed by atoms with Gasteiger partial charge in [0.2, 0.25) is 0 Å². The molecule has 0 amide bonds. The fourth-order valence-corrected chi connectivity index (χ4v) is 5.46. The van der Waals surface area contributed by atoms with Gasteiger partial charge >= 0.3 is 5.97 Å². The molecule has 210 valence electrons. The molecule has 0 radical (unpaired) electrons. The summed E-state index contributed by atoms with van der Waals surface area (Å²) in [4.78, 5) is 43.2. The van der Waals surface area contributed by atoms with Crippen molar-refractivity contribution in [2.24, 2.45) is 10.9 Å². The van der Waals surface area contributed by atoms with E-state index in [4.69, 9.17) is 9.47 Å². The Morgan fingerprint density at radius 1 is 1.18 bits per heavy atom. The summed E-state index contributed by atoms with van der Waals surface area (Å²) in [5, 5.41) is 11.5. The zero-order valence-electron chi connectivity index (χ0n) is 23.1. The minimum Gasteiger partial charge on any atom is -0.494 e. The van der Waals surface area contributed by atoms with Gasteiger partial charge < -0.3 is 9.47 Å². The van der Waals surface area contributed by atoms with E-state index in [1.807, 2.05) is 38.1 Å². The Hall–Kier alpha value is -4.05. The third-order valence-corrected chi connectivity index (χ3v) is 7.40. The number of rotatable bonds is 11. The Morgan fingerprint density at radius 2 is 1.90 bits per heavy atom. The predicted molar refractivity (Wildman–Crippen MR) is 154 cm³/mol. The number of carbonyl (C=O) groups is 1. The lowest BCUT2D eigenvalue weighted by Gasteiger charge is -2.25. The van der Waals surface area contributed by atoms with Crippen molar-refractivity contribution in [2.45, 2.75) is 53.0 Å². The number of nitrogens with zero attached hydrogens (tertiary/aromatic N) is 3. The fourth-order valence-electron chi connectivity index (χ4n) is 4.42. The Morgan fingerprint density at radius 3 is 2.58 bits per heavy atom. The van der Waals surface area contributed by atoms with Crippen LogP contribution in [0.15, 0.2) is 69.6 Å². The maximum Gasteiger partial charge on any atom is 0.338 e. The molecule has 1 unspecified atom stereocenters. The number of esters is 1. The summed E-state index contributed by atoms with van der Waals surface area (Å²) < 4.78 is 13.2. The first kappa shape index (κ1) is 28.9. The van der Waals surface area contributed by atoms with Gasteiger partial charge in [0, 0.05) is 6.07 Å². The largest absolute Gasteiger partial charge is 0.494 e. The zero-order valence-corrected chi connectivity index (χ0v) is 23.9. The summed E-state index contributed by atoms with van der Waals surface area (Å²) >= 11 is 1.12. The molecule has 40 heavy (non-hydrogen) atoms. The van der Waals surface area contributed by atoms with Crippen LogP contribution in [0.1, 0.15) is 64.1 Å². The first-order valence-electron chi connectivity index (χ1n) is 13.4. The van der Waals surface area contributed by atoms with Gasteiger partial charge in [-0.3, -0.25) is 19.5 Å². The molecule has 9 nitrogen and oxygen atoms in total. The molecule has 1 atom stereocenters. The normalized spacial score (nSPS) is 15.1. The molecular formula is C30H33N3O6S. The number of para-hydroxylation sites is 1. The number of nitro benzene ring substituents is 1. The molecule has 0 saturated carbocycles. The predicted octanol–water partition coefficient (Wildman–Crippen LogP) is 4.91. The third-order valence-electron chi connectivity index (χ3n) is 6.42. The SMILES string of the molecule is CCCCCOc1ccc(C2C(C(=O)OCC(C)C)=C(C)N=c3sc(=Cc4ccccc4[N+](=O)[O-])c(=O)n32)cc1. The van der Waals surface area contributed by atoms with Crippen LogP contribution in [0.25, 0.3) is 6.08 Å². The Kier molecular flexibility index (Phi) is 9.31. The number of allylic oxidation sites excluding steroid dienone is 1. The van der Waals surface area contributed by atoms with Crippen LogP contribution in [0.3, 0.4) is 0 Å². The monoisotopic (exact) mass is 563 g/mol. The lowest BCUT2D eigenvalue weighted by atomic mass is 9.96. The molecule has 2 aromatic carbocycles. The lowest BCUT2D eigenvalue weighted by molar-refractivity contribution is -0.385. The van der Waals surface area contributed by atoms with Gasteiger partial charge in [-0.25, -0.2) is 9.79 Å². The van der Waals surface area contributed by atoms with Crippen molar-refractivity contribution in [3.05, 3.63) is 101 Å². The summed E-state index contributed by atoms with van der Waals surface area (Å²) in [6.45, 7) is 8.60. The highest BCUT2D eigenvalue weighted by Crippen LogP contribution is 2.32. The van der Waals surface area contributed by atoms with Gasteiger partial charge in [0.25, 0.3) is 11.2 Å². The van der Waals surface area contributed by atoms with Crippen LogP contribution in [-0.2, 0) is 9.53 Å². The van der Waals surface area contributed by atoms with Crippen molar-refractivity contribution in [3.8, 4) is 5.75 Å². The van der Waals surface area contributed by atoms with E-state index in [0.29, 0.717) is 34.0 Å². The first-order valence-corrected chi connectivity index (χ1v) is 14.2.